The first-order valence-corrected chi connectivity index (χ1v) is 18.8. The summed E-state index contributed by atoms with van der Waals surface area (Å²) in [6.07, 6.45) is 11.6. The van der Waals surface area contributed by atoms with Gasteiger partial charge >= 0.3 is 17.9 Å². The molecule has 0 aliphatic carbocycles. The van der Waals surface area contributed by atoms with Gasteiger partial charge in [-0.1, -0.05) is 52.5 Å². The molecule has 0 unspecified atom stereocenters. The highest BCUT2D eigenvalue weighted by Crippen LogP contribution is 2.47. The molecule has 4 heterocycles. The molecule has 3 fully saturated rings. The third kappa shape index (κ3) is 11.6. The second-order valence-corrected chi connectivity index (χ2v) is 14.8. The van der Waals surface area contributed by atoms with E-state index in [1.807, 2.05) is 0 Å². The van der Waals surface area contributed by atoms with Crippen LogP contribution in [0.1, 0.15) is 124 Å². The van der Waals surface area contributed by atoms with Crippen molar-refractivity contribution in [2.24, 2.45) is 5.41 Å². The zero-order chi connectivity index (χ0) is 36.1. The van der Waals surface area contributed by atoms with Crippen molar-refractivity contribution in [2.75, 3.05) is 20.3 Å². The van der Waals surface area contributed by atoms with Crippen LogP contribution < -0.4 is 0 Å². The predicted molar refractivity (Wildman–Crippen MR) is 183 cm³/mol. The highest BCUT2D eigenvalue weighted by molar-refractivity contribution is 5.83. The number of ether oxygens (including phenoxy) is 7. The molecule has 0 aromatic rings. The van der Waals surface area contributed by atoms with Crippen LogP contribution in [0.3, 0.4) is 0 Å². The van der Waals surface area contributed by atoms with E-state index in [4.69, 9.17) is 33.2 Å². The van der Waals surface area contributed by atoms with E-state index in [0.29, 0.717) is 25.0 Å². The number of aliphatic hydroxyl groups is 2. The molecule has 0 radical (unpaired) electrons. The second kappa shape index (κ2) is 19.5. The maximum absolute atomic E-state index is 13.3. The second-order valence-electron chi connectivity index (χ2n) is 14.8. The zero-order valence-corrected chi connectivity index (χ0v) is 30.5. The van der Waals surface area contributed by atoms with Gasteiger partial charge in [0.05, 0.1) is 44.7 Å². The van der Waals surface area contributed by atoms with Crippen molar-refractivity contribution < 1.29 is 57.8 Å². The van der Waals surface area contributed by atoms with Gasteiger partial charge in [-0.15, -0.1) is 0 Å². The van der Waals surface area contributed by atoms with E-state index in [2.05, 4.69) is 6.92 Å². The molecule has 4 aliphatic heterocycles. The van der Waals surface area contributed by atoms with Crippen molar-refractivity contribution in [1.82, 2.24) is 0 Å². The largest absolute Gasteiger partial charge is 0.466 e. The molecule has 0 spiro atoms. The molecular weight excluding hydrogens is 648 g/mol. The summed E-state index contributed by atoms with van der Waals surface area (Å²) in [7, 11) is 1.24. The van der Waals surface area contributed by atoms with E-state index in [9.17, 15) is 24.6 Å². The summed E-state index contributed by atoms with van der Waals surface area (Å²) in [5.74, 6) is -3.86. The number of carbonyl (C=O) groups excluding carboxylic acids is 3. The van der Waals surface area contributed by atoms with E-state index in [-0.39, 0.29) is 44.0 Å². The number of cyclic esters (lactones) is 1. The van der Waals surface area contributed by atoms with Gasteiger partial charge in [-0.25, -0.2) is 4.79 Å². The molecule has 0 aromatic heterocycles. The van der Waals surface area contributed by atoms with Gasteiger partial charge in [0.15, 0.2) is 12.4 Å². The van der Waals surface area contributed by atoms with Gasteiger partial charge in [-0.2, -0.15) is 0 Å². The summed E-state index contributed by atoms with van der Waals surface area (Å²) in [4.78, 5) is 38.8. The Balaban J connectivity index is 1.66. The average Bonchev–Trinajstić information content (AvgIpc) is 3.08. The lowest BCUT2D eigenvalue weighted by atomic mass is 9.74. The van der Waals surface area contributed by atoms with Crippen LogP contribution in [0.4, 0.5) is 0 Å². The van der Waals surface area contributed by atoms with Gasteiger partial charge < -0.3 is 43.4 Å². The van der Waals surface area contributed by atoms with Crippen molar-refractivity contribution in [3.8, 4) is 0 Å². The van der Waals surface area contributed by atoms with Crippen LogP contribution in [0.15, 0.2) is 23.8 Å². The summed E-state index contributed by atoms with van der Waals surface area (Å²) >= 11 is 0. The van der Waals surface area contributed by atoms with E-state index in [0.717, 1.165) is 64.2 Å². The first-order chi connectivity index (χ1) is 24.0. The van der Waals surface area contributed by atoms with Crippen molar-refractivity contribution in [3.63, 3.8) is 0 Å². The van der Waals surface area contributed by atoms with Crippen LogP contribution in [0, 0.1) is 5.41 Å². The molecule has 284 valence electrons. The van der Waals surface area contributed by atoms with Crippen LogP contribution in [0.5, 0.6) is 0 Å². The Bertz CT molecular complexity index is 1170. The van der Waals surface area contributed by atoms with Crippen molar-refractivity contribution in [2.45, 2.75) is 172 Å². The molecule has 4 rings (SSSR count). The monoisotopic (exact) mass is 708 g/mol. The average molecular weight is 709 g/mol. The lowest BCUT2D eigenvalue weighted by Crippen LogP contribution is -2.62. The van der Waals surface area contributed by atoms with Crippen LogP contribution in [-0.2, 0) is 47.5 Å². The number of fused-ring (bicyclic) bond motifs is 6. The number of hydrogen-bond acceptors (Lipinski definition) is 12. The molecule has 0 aromatic carbocycles. The number of esters is 3. The minimum absolute atomic E-state index is 0.0187. The SMILES string of the molecule is CCCCCCCC(=O)O[C@H]1/C(=C/C(=O)OC)C[C@H]2C[C@H](CO)OC(=O)CCC[C@@H]3CCC[C@H](C[C@@H]4CCO[C@H](/C=C/C(C)(C)[C@]1(O)O2)O4)O3. The summed E-state index contributed by atoms with van der Waals surface area (Å²) in [5.41, 5.74) is -0.961. The highest BCUT2D eigenvalue weighted by Gasteiger charge is 2.57. The fraction of sp³-hybridized carbons (Fsp3) is 0.816. The fourth-order valence-corrected chi connectivity index (χ4v) is 7.32. The smallest absolute Gasteiger partial charge is 0.330 e. The summed E-state index contributed by atoms with van der Waals surface area (Å²) in [5, 5.41) is 22.8. The van der Waals surface area contributed by atoms with Crippen LogP contribution >= 0.6 is 0 Å². The number of rotatable bonds is 9. The van der Waals surface area contributed by atoms with E-state index < -0.39 is 60.3 Å². The van der Waals surface area contributed by atoms with Gasteiger partial charge in [-0.3, -0.25) is 9.59 Å². The lowest BCUT2D eigenvalue weighted by molar-refractivity contribution is -0.327. The third-order valence-corrected chi connectivity index (χ3v) is 10.3. The number of hydrogen-bond donors (Lipinski definition) is 2. The Kier molecular flexibility index (Phi) is 15.7. The van der Waals surface area contributed by atoms with Gasteiger partial charge in [0, 0.05) is 30.8 Å². The summed E-state index contributed by atoms with van der Waals surface area (Å²) < 4.78 is 41.7. The Morgan fingerprint density at radius 3 is 2.48 bits per heavy atom. The van der Waals surface area contributed by atoms with E-state index >= 15 is 0 Å². The minimum Gasteiger partial charge on any atom is -0.466 e. The molecule has 8 atom stereocenters. The molecule has 3 saturated heterocycles. The van der Waals surface area contributed by atoms with Gasteiger partial charge in [0.1, 0.15) is 6.10 Å². The molecule has 0 saturated carbocycles. The Labute approximate surface area is 297 Å². The first-order valence-electron chi connectivity index (χ1n) is 18.8. The van der Waals surface area contributed by atoms with Gasteiger partial charge in [0.2, 0.25) is 5.79 Å². The molecule has 0 amide bonds. The number of unbranched alkanes of at least 4 members (excludes halogenated alkanes) is 4. The normalized spacial score (nSPS) is 35.4. The topological polar surface area (TPSA) is 156 Å². The van der Waals surface area contributed by atoms with Crippen molar-refractivity contribution >= 4 is 17.9 Å². The zero-order valence-electron chi connectivity index (χ0n) is 30.5. The molecule has 4 aliphatic rings. The molecule has 6 bridgehead atoms. The number of carbonyl (C=O) groups is 3. The summed E-state index contributed by atoms with van der Waals surface area (Å²) in [6, 6.07) is 0. The summed E-state index contributed by atoms with van der Waals surface area (Å²) in [6.45, 7) is 5.62. The fourth-order valence-electron chi connectivity index (χ4n) is 7.32. The number of aliphatic hydroxyl groups excluding tert-OH is 1. The minimum atomic E-state index is -2.20. The van der Waals surface area contributed by atoms with Crippen molar-refractivity contribution in [1.29, 1.82) is 0 Å². The molecule has 2 N–H and O–H groups in total. The Morgan fingerprint density at radius 2 is 1.72 bits per heavy atom. The maximum Gasteiger partial charge on any atom is 0.330 e. The van der Waals surface area contributed by atoms with E-state index in [1.165, 1.54) is 13.2 Å². The third-order valence-electron chi connectivity index (χ3n) is 10.3. The molecule has 50 heavy (non-hydrogen) atoms. The first kappa shape index (κ1) is 40.4. The van der Waals surface area contributed by atoms with E-state index in [1.54, 1.807) is 26.0 Å². The molecule has 12 nitrogen and oxygen atoms in total. The van der Waals surface area contributed by atoms with Crippen molar-refractivity contribution in [3.05, 3.63) is 23.8 Å². The van der Waals surface area contributed by atoms with Crippen LogP contribution in [-0.4, -0.2) is 97.1 Å². The molecule has 12 heteroatoms. The standard InChI is InChI=1S/C38H60O12/c1-5-6-7-8-9-15-33(41)49-36-26(22-34(42)44-4)21-30-24-31(25-39)47-32(40)16-11-13-27-12-10-14-28(46-27)23-29-18-20-45-35(48-29)17-19-37(2,3)38(36,43)50-30/h17,19,22,27-31,35-36,39,43H,5-16,18,20-21,23-25H2,1-4H3/b19-17+,26-22+/t27-,28+,29-,30-,31+,35-,36-,38+/m0/s1. The van der Waals surface area contributed by atoms with Crippen LogP contribution in [0.2, 0.25) is 0 Å². The predicted octanol–water partition coefficient (Wildman–Crippen LogP) is 5.36. The lowest BCUT2D eigenvalue weighted by Gasteiger charge is -2.51. The highest BCUT2D eigenvalue weighted by atomic mass is 16.7. The van der Waals surface area contributed by atoms with Gasteiger partial charge in [-0.05, 0) is 69.4 Å². The quantitative estimate of drug-likeness (QED) is 0.104. The molecular formula is C38H60O12. The number of methoxy groups -OCH3 is 1. The van der Waals surface area contributed by atoms with Crippen LogP contribution in [0.25, 0.3) is 0 Å². The Morgan fingerprint density at radius 1 is 0.980 bits per heavy atom. The van der Waals surface area contributed by atoms with Gasteiger partial charge in [0.25, 0.3) is 0 Å². The maximum atomic E-state index is 13.3. The Hall–Kier alpha value is -2.35.